The zero-order valence-corrected chi connectivity index (χ0v) is 28.2. The number of carboxylic acid groups (broad SMARTS) is 2. The van der Waals surface area contributed by atoms with Crippen LogP contribution in [0, 0.1) is 18.2 Å². The van der Waals surface area contributed by atoms with Gasteiger partial charge in [0.2, 0.25) is 0 Å². The molecule has 43 heavy (non-hydrogen) atoms. The number of nitrogens with zero attached hydrogens (tertiary/aromatic N) is 2. The van der Waals surface area contributed by atoms with E-state index in [0.717, 1.165) is 11.4 Å². The van der Waals surface area contributed by atoms with E-state index in [-0.39, 0.29) is 37.3 Å². The van der Waals surface area contributed by atoms with Crippen LogP contribution in [0.3, 0.4) is 0 Å². The van der Waals surface area contributed by atoms with E-state index in [0.29, 0.717) is 0 Å². The second kappa shape index (κ2) is 24.2. The molecule has 0 amide bonds. The molecule has 0 saturated heterocycles. The quantitative estimate of drug-likeness (QED) is 0.254. The molecule has 0 aliphatic carbocycles. The van der Waals surface area contributed by atoms with Gasteiger partial charge in [0.15, 0.2) is 0 Å². The Labute approximate surface area is 275 Å². The summed E-state index contributed by atoms with van der Waals surface area (Å²) in [5.74, 6) is -2.28. The van der Waals surface area contributed by atoms with Crippen molar-refractivity contribution in [2.45, 2.75) is 0 Å². The van der Waals surface area contributed by atoms with Gasteiger partial charge in [0.1, 0.15) is 0 Å². The summed E-state index contributed by atoms with van der Waals surface area (Å²) < 4.78 is 0. The summed E-state index contributed by atoms with van der Waals surface area (Å²) in [4.78, 5) is 24.5. The van der Waals surface area contributed by atoms with Crippen molar-refractivity contribution in [3.8, 4) is 0 Å². The van der Waals surface area contributed by atoms with Crippen molar-refractivity contribution in [3.63, 3.8) is 0 Å². The fourth-order valence-corrected chi connectivity index (χ4v) is 2.82. The molecular weight excluding hydrogens is 733 g/mol. The fraction of sp³-hybridized carbons (Fsp3) is 0.111. The molecule has 0 bridgehead atoms. The number of hydrogen-bond acceptors (Lipinski definition) is 6. The van der Waals surface area contributed by atoms with Gasteiger partial charge < -0.3 is 29.6 Å². The summed E-state index contributed by atoms with van der Waals surface area (Å²) in [5, 5.41) is 20.7. The molecule has 6 radical (unpaired) electrons. The van der Waals surface area contributed by atoms with Crippen molar-refractivity contribution in [2.24, 2.45) is 0 Å². The van der Waals surface area contributed by atoms with Gasteiger partial charge in [0.05, 0.1) is 11.9 Å². The van der Waals surface area contributed by atoms with E-state index in [4.69, 9.17) is 0 Å². The molecule has 7 heteroatoms. The topological polar surface area (TPSA) is 86.7 Å². The summed E-state index contributed by atoms with van der Waals surface area (Å²) in [5.41, 5.74) is 2.36. The molecule has 0 aromatic heterocycles. The van der Waals surface area contributed by atoms with Gasteiger partial charge in [-0.2, -0.15) is 0 Å². The first-order valence-electron chi connectivity index (χ1n) is 12.9. The Hall–Kier alpha value is -4.48. The molecule has 0 atom stereocenters. The monoisotopic (exact) mass is 768 g/mol. The number of aromatic carboxylic acids is 2. The standard InChI is InChI=1S/2C9H11NO2.3C6H5.Bi/c2*1-10(2)8-5-3-7(4-6-8)9(11)12;3*1-2-4-6-5-3-1;/h2*3-6H,1-2H3,(H,11,12);3*1-5H;/q;;;;;+2/p-2. The van der Waals surface area contributed by atoms with Crippen molar-refractivity contribution in [2.75, 3.05) is 38.0 Å². The summed E-state index contributed by atoms with van der Waals surface area (Å²) in [6, 6.07) is 50.6. The van der Waals surface area contributed by atoms with E-state index < -0.39 is 11.9 Å². The van der Waals surface area contributed by atoms with Gasteiger partial charge in [-0.25, -0.2) is 0 Å². The Bertz CT molecular complexity index is 1130. The van der Waals surface area contributed by atoms with Gasteiger partial charge in [0, 0.05) is 39.6 Å². The Morgan fingerprint density at radius 1 is 0.465 bits per heavy atom. The number of benzene rings is 5. The zero-order chi connectivity index (χ0) is 31.0. The van der Waals surface area contributed by atoms with Crippen LogP contribution in [-0.4, -0.2) is 66.3 Å². The fourth-order valence-electron chi connectivity index (χ4n) is 2.82. The van der Waals surface area contributed by atoms with E-state index in [1.54, 1.807) is 24.3 Å². The van der Waals surface area contributed by atoms with Gasteiger partial charge in [-0.15, -0.1) is 0 Å². The Balaban J connectivity index is 0.000000529. The van der Waals surface area contributed by atoms with Crippen LogP contribution in [-0.2, 0) is 0 Å². The van der Waals surface area contributed by atoms with Crippen LogP contribution < -0.4 is 20.0 Å². The maximum absolute atomic E-state index is 10.4. The smallest absolute Gasteiger partial charge is 0.545 e. The molecule has 0 fully saturated rings. The number of hydrogen-bond donors (Lipinski definition) is 0. The molecule has 218 valence electrons. The third-order valence-corrected chi connectivity index (χ3v) is 5.06. The van der Waals surface area contributed by atoms with Crippen LogP contribution in [0.15, 0.2) is 140 Å². The molecule has 5 rings (SSSR count). The minimum absolute atomic E-state index is 0. The minimum Gasteiger partial charge on any atom is -0.545 e. The van der Waals surface area contributed by atoms with Crippen molar-refractivity contribution in [1.82, 2.24) is 0 Å². The van der Waals surface area contributed by atoms with Gasteiger partial charge in [-0.1, -0.05) is 115 Å². The van der Waals surface area contributed by atoms with Crippen molar-refractivity contribution >= 4 is 49.5 Å². The van der Waals surface area contributed by atoms with E-state index in [1.807, 2.05) is 129 Å². The third kappa shape index (κ3) is 19.3. The number of anilines is 2. The minimum atomic E-state index is -1.14. The average Bonchev–Trinajstić information content (AvgIpc) is 3.05. The molecule has 0 N–H and O–H groups in total. The molecule has 0 aliphatic rings. The molecule has 0 aliphatic heterocycles. The van der Waals surface area contributed by atoms with Crippen LogP contribution in [0.5, 0.6) is 0 Å². The molecular formula is C36H35BiN2O4. The van der Waals surface area contributed by atoms with Gasteiger partial charge >= 0.3 is 26.2 Å². The molecule has 0 saturated carbocycles. The summed E-state index contributed by atoms with van der Waals surface area (Å²) in [6.07, 6.45) is 0. The molecule has 0 spiro atoms. The predicted octanol–water partition coefficient (Wildman–Crippen LogP) is 4.31. The first kappa shape index (κ1) is 38.5. The molecule has 5 aromatic carbocycles. The maximum atomic E-state index is 10.4. The first-order chi connectivity index (χ1) is 20.2. The maximum Gasteiger partial charge on any atom is 2.00 e. The number of carbonyl (C=O) groups excluding carboxylic acids is 2. The van der Waals surface area contributed by atoms with Crippen LogP contribution in [0.25, 0.3) is 0 Å². The van der Waals surface area contributed by atoms with E-state index >= 15 is 0 Å². The Kier molecular flexibility index (Phi) is 21.6. The van der Waals surface area contributed by atoms with Crippen LogP contribution >= 0.6 is 0 Å². The average molecular weight is 769 g/mol. The third-order valence-electron chi connectivity index (χ3n) is 5.06. The molecule has 6 nitrogen and oxygen atoms in total. The second-order valence-corrected chi connectivity index (χ2v) is 8.69. The summed E-state index contributed by atoms with van der Waals surface area (Å²) in [7, 11) is 7.59. The predicted molar refractivity (Wildman–Crippen MR) is 172 cm³/mol. The van der Waals surface area contributed by atoms with Gasteiger partial charge in [-0.05, 0) is 53.6 Å². The number of carboxylic acids is 2. The molecule has 0 heterocycles. The van der Waals surface area contributed by atoms with Crippen molar-refractivity contribution in [1.29, 1.82) is 0 Å². The van der Waals surface area contributed by atoms with Crippen LogP contribution in [0.4, 0.5) is 11.4 Å². The van der Waals surface area contributed by atoms with E-state index in [1.165, 1.54) is 24.3 Å². The van der Waals surface area contributed by atoms with Crippen LogP contribution in [0.2, 0.25) is 0 Å². The Morgan fingerprint density at radius 3 is 0.814 bits per heavy atom. The van der Waals surface area contributed by atoms with Gasteiger partial charge in [0.25, 0.3) is 0 Å². The number of rotatable bonds is 4. The largest absolute Gasteiger partial charge is 2.00 e. The first-order valence-corrected chi connectivity index (χ1v) is 12.9. The summed E-state index contributed by atoms with van der Waals surface area (Å²) >= 11 is 0. The second-order valence-electron chi connectivity index (χ2n) is 8.69. The summed E-state index contributed by atoms with van der Waals surface area (Å²) in [6.45, 7) is 0. The van der Waals surface area contributed by atoms with E-state index in [2.05, 4.69) is 18.2 Å². The van der Waals surface area contributed by atoms with Crippen molar-refractivity contribution in [3.05, 3.63) is 169 Å². The normalized spacial score (nSPS) is 8.65. The zero-order valence-electron chi connectivity index (χ0n) is 24.8. The van der Waals surface area contributed by atoms with E-state index in [9.17, 15) is 19.8 Å². The van der Waals surface area contributed by atoms with Crippen LogP contribution in [0.1, 0.15) is 20.7 Å². The Morgan fingerprint density at radius 2 is 0.698 bits per heavy atom. The van der Waals surface area contributed by atoms with Crippen molar-refractivity contribution < 1.29 is 19.8 Å². The molecule has 5 aromatic rings. The number of carbonyl (C=O) groups is 2. The SMILES string of the molecule is CN(C)c1ccc(C(=O)[O-])cc1.CN(C)c1ccc(C(=O)[O-])cc1.[Bi+2].[c]1ccccc1.[c]1ccccc1.[c]1ccccc1. The van der Waals surface area contributed by atoms with Gasteiger partial charge in [-0.3, -0.25) is 0 Å². The molecule has 0 unspecified atom stereocenters.